The normalized spacial score (nSPS) is 19.3. The van der Waals surface area contributed by atoms with Crippen LogP contribution >= 0.6 is 0 Å². The van der Waals surface area contributed by atoms with E-state index < -0.39 is 17.3 Å². The van der Waals surface area contributed by atoms with Gasteiger partial charge in [-0.3, -0.25) is 14.4 Å². The van der Waals surface area contributed by atoms with Crippen LogP contribution in [0.5, 0.6) is 5.75 Å². The maximum Gasteiger partial charge on any atom is 0.311 e. The summed E-state index contributed by atoms with van der Waals surface area (Å²) in [5.74, 6) is -0.167. The van der Waals surface area contributed by atoms with Crippen LogP contribution in [0.1, 0.15) is 115 Å². The number of unbranched alkanes of at least 4 members (excludes halogenated alkanes) is 6. The third kappa shape index (κ3) is 16.8. The Labute approximate surface area is 272 Å². The van der Waals surface area contributed by atoms with Gasteiger partial charge in [0.2, 0.25) is 0 Å². The molecule has 1 saturated carbocycles. The number of allylic oxidation sites excluding steroid dienone is 2. The molecule has 46 heavy (non-hydrogen) atoms. The molecule has 258 valence electrons. The molecule has 0 amide bonds. The number of carbonyl (C=O) groups excluding carboxylic acids is 3. The number of rotatable bonds is 25. The molecule has 1 aromatic rings. The molecular weight excluding hydrogens is 594 g/mol. The number of ketones is 1. The van der Waals surface area contributed by atoms with Gasteiger partial charge in [-0.05, 0) is 80.9 Å². The Bertz CT molecular complexity index is 1070. The molecule has 0 aromatic heterocycles. The first kappa shape index (κ1) is 38.9. The number of Topliss-reactive ketones (excluding diaryl/α,β-unsaturated/α-hetero) is 1. The predicted octanol–water partition coefficient (Wildman–Crippen LogP) is 6.24. The molecule has 0 saturated heterocycles. The van der Waals surface area contributed by atoms with Crippen molar-refractivity contribution in [2.75, 3.05) is 13.2 Å². The van der Waals surface area contributed by atoms with Crippen molar-refractivity contribution < 1.29 is 44.0 Å². The van der Waals surface area contributed by atoms with Gasteiger partial charge in [0.15, 0.2) is 0 Å². The summed E-state index contributed by atoms with van der Waals surface area (Å²) < 4.78 is 10.6. The van der Waals surface area contributed by atoms with Gasteiger partial charge < -0.3 is 24.5 Å². The van der Waals surface area contributed by atoms with Crippen LogP contribution in [0.25, 0.3) is 0 Å². The molecule has 4 atom stereocenters. The second-order valence-corrected chi connectivity index (χ2v) is 12.1. The molecule has 2 rings (SSSR count). The van der Waals surface area contributed by atoms with Crippen molar-refractivity contribution in [2.45, 2.75) is 128 Å². The fourth-order valence-corrected chi connectivity index (χ4v) is 5.79. The summed E-state index contributed by atoms with van der Waals surface area (Å²) >= 11 is 0. The van der Waals surface area contributed by atoms with Crippen LogP contribution in [0, 0.1) is 22.0 Å². The van der Waals surface area contributed by atoms with Crippen LogP contribution in [-0.2, 0) is 30.4 Å². The summed E-state index contributed by atoms with van der Waals surface area (Å²) in [5, 5.41) is 30.2. The number of hydrogen-bond donors (Lipinski definition) is 2. The van der Waals surface area contributed by atoms with Crippen LogP contribution in [0.2, 0.25) is 0 Å². The zero-order chi connectivity index (χ0) is 33.6. The molecule has 1 aromatic carbocycles. The number of carbonyl (C=O) groups is 3. The van der Waals surface area contributed by atoms with E-state index in [9.17, 15) is 34.7 Å². The molecule has 11 nitrogen and oxygen atoms in total. The molecule has 1 fully saturated rings. The third-order valence-electron chi connectivity index (χ3n) is 8.44. The molecule has 0 unspecified atom stereocenters. The van der Waals surface area contributed by atoms with Crippen LogP contribution < -0.4 is 4.74 Å². The van der Waals surface area contributed by atoms with Crippen LogP contribution in [0.4, 0.5) is 0 Å². The van der Waals surface area contributed by atoms with Gasteiger partial charge in [0.25, 0.3) is 5.09 Å². The lowest BCUT2D eigenvalue weighted by atomic mass is 9.86. The van der Waals surface area contributed by atoms with Gasteiger partial charge in [0.1, 0.15) is 11.5 Å². The highest BCUT2D eigenvalue weighted by Crippen LogP contribution is 2.38. The second-order valence-electron chi connectivity index (χ2n) is 12.1. The van der Waals surface area contributed by atoms with Gasteiger partial charge in [0.05, 0.1) is 25.4 Å². The number of nitrogens with zero attached hydrogens (tertiary/aromatic N) is 1. The Hall–Kier alpha value is -3.31. The Morgan fingerprint density at radius 2 is 1.54 bits per heavy atom. The molecular formula is C35H53NO10. The largest absolute Gasteiger partial charge is 0.465 e. The monoisotopic (exact) mass is 647 g/mol. The molecule has 0 aliphatic heterocycles. The highest BCUT2D eigenvalue weighted by atomic mass is 16.9. The summed E-state index contributed by atoms with van der Waals surface area (Å²) in [5.41, 5.74) is 0.920. The summed E-state index contributed by atoms with van der Waals surface area (Å²) in [6.07, 6.45) is 14.1. The first-order valence-corrected chi connectivity index (χ1v) is 16.9. The van der Waals surface area contributed by atoms with E-state index in [1.165, 1.54) is 19.3 Å². The first-order valence-electron chi connectivity index (χ1n) is 16.9. The molecule has 0 spiro atoms. The predicted molar refractivity (Wildman–Crippen MR) is 172 cm³/mol. The van der Waals surface area contributed by atoms with E-state index in [0.29, 0.717) is 70.0 Å². The Morgan fingerprint density at radius 3 is 2.28 bits per heavy atom. The molecule has 1 aliphatic carbocycles. The van der Waals surface area contributed by atoms with Crippen LogP contribution in [0.15, 0.2) is 36.4 Å². The molecule has 0 bridgehead atoms. The third-order valence-corrected chi connectivity index (χ3v) is 8.44. The van der Waals surface area contributed by atoms with E-state index >= 15 is 0 Å². The number of aliphatic hydroxyl groups is 2. The number of ether oxygens (including phenoxy) is 2. The zero-order valence-electron chi connectivity index (χ0n) is 27.3. The average Bonchev–Trinajstić information content (AvgIpc) is 3.29. The SMILES string of the molecule is CCCCCCCC(=O)CC[C@@H]1[C@@H](C/C=C\CCCC(=O)Oc2ccc(CCOC(=O)CCCCO[N+](=O)[O-])cc2)[C@@H](O)C[C@H]1O. The Morgan fingerprint density at radius 1 is 0.848 bits per heavy atom. The molecule has 0 radical (unpaired) electrons. The quantitative estimate of drug-likeness (QED) is 0.0310. The van der Waals surface area contributed by atoms with E-state index in [4.69, 9.17) is 9.47 Å². The van der Waals surface area contributed by atoms with Crippen molar-refractivity contribution in [1.82, 2.24) is 0 Å². The minimum absolute atomic E-state index is 0.0434. The number of benzene rings is 1. The fourth-order valence-electron chi connectivity index (χ4n) is 5.79. The molecule has 2 N–H and O–H groups in total. The summed E-state index contributed by atoms with van der Waals surface area (Å²) in [6.45, 7) is 2.33. The zero-order valence-corrected chi connectivity index (χ0v) is 27.3. The van der Waals surface area contributed by atoms with Gasteiger partial charge >= 0.3 is 11.9 Å². The molecule has 0 heterocycles. The van der Waals surface area contributed by atoms with Crippen molar-refractivity contribution in [2.24, 2.45) is 11.8 Å². The van der Waals surface area contributed by atoms with E-state index in [2.05, 4.69) is 11.8 Å². The van der Waals surface area contributed by atoms with Gasteiger partial charge in [0, 0.05) is 32.1 Å². The Balaban J connectivity index is 1.59. The summed E-state index contributed by atoms with van der Waals surface area (Å²) in [4.78, 5) is 50.6. The lowest BCUT2D eigenvalue weighted by molar-refractivity contribution is -0.757. The van der Waals surface area contributed by atoms with Gasteiger partial charge in [-0.15, -0.1) is 10.1 Å². The van der Waals surface area contributed by atoms with Crippen molar-refractivity contribution in [3.05, 3.63) is 52.1 Å². The molecule has 1 aliphatic rings. The van der Waals surface area contributed by atoms with E-state index in [1.54, 1.807) is 24.3 Å². The summed E-state index contributed by atoms with van der Waals surface area (Å²) in [7, 11) is 0. The van der Waals surface area contributed by atoms with E-state index in [1.807, 2.05) is 12.2 Å². The van der Waals surface area contributed by atoms with Crippen LogP contribution in [0.3, 0.4) is 0 Å². The smallest absolute Gasteiger partial charge is 0.311 e. The average molecular weight is 648 g/mol. The van der Waals surface area contributed by atoms with Crippen LogP contribution in [-0.4, -0.2) is 58.4 Å². The topological polar surface area (TPSA) is 162 Å². The minimum Gasteiger partial charge on any atom is -0.465 e. The lowest BCUT2D eigenvalue weighted by Gasteiger charge is -2.22. The number of aliphatic hydroxyl groups excluding tert-OH is 2. The minimum atomic E-state index is -0.858. The lowest BCUT2D eigenvalue weighted by Crippen LogP contribution is -2.22. The van der Waals surface area contributed by atoms with Gasteiger partial charge in [-0.1, -0.05) is 56.9 Å². The highest BCUT2D eigenvalue weighted by molar-refractivity contribution is 5.78. The first-order chi connectivity index (χ1) is 22.2. The molecule has 11 heteroatoms. The van der Waals surface area contributed by atoms with Crippen molar-refractivity contribution >= 4 is 17.7 Å². The summed E-state index contributed by atoms with van der Waals surface area (Å²) in [6, 6.07) is 7.01. The highest BCUT2D eigenvalue weighted by Gasteiger charge is 2.40. The van der Waals surface area contributed by atoms with Crippen molar-refractivity contribution in [3.63, 3.8) is 0 Å². The number of hydrogen-bond acceptors (Lipinski definition) is 10. The van der Waals surface area contributed by atoms with Crippen molar-refractivity contribution in [1.29, 1.82) is 0 Å². The Kier molecular flexibility index (Phi) is 19.5. The maximum atomic E-state index is 12.3. The van der Waals surface area contributed by atoms with E-state index in [0.717, 1.165) is 18.4 Å². The number of esters is 2. The van der Waals surface area contributed by atoms with Crippen molar-refractivity contribution in [3.8, 4) is 5.75 Å². The van der Waals surface area contributed by atoms with Gasteiger partial charge in [-0.25, -0.2) is 0 Å². The second kappa shape index (κ2) is 23.1. The standard InChI is InChI=1S/C35H53NO10/c1-2-3-4-5-8-13-28(37)19-22-31-30(32(38)26-33(31)39)14-9-6-7-10-16-35(41)46-29-20-17-27(18-21-29)23-25-44-34(40)15-11-12-24-45-36(42)43/h6,9,17-18,20-21,30-33,38-39H,2-5,7-8,10-16,19,22-26H2,1H3/b9-6-/t30-,31-,32+,33-/m1/s1. The van der Waals surface area contributed by atoms with E-state index in [-0.39, 0.29) is 55.6 Å². The van der Waals surface area contributed by atoms with Gasteiger partial charge in [-0.2, -0.15) is 0 Å². The fraction of sp³-hybridized carbons (Fsp3) is 0.686. The maximum absolute atomic E-state index is 12.3.